The van der Waals surface area contributed by atoms with E-state index < -0.39 is 0 Å². The summed E-state index contributed by atoms with van der Waals surface area (Å²) >= 11 is 0. The smallest absolute Gasteiger partial charge is 0.160 e. The molecule has 3 nitrogen and oxygen atoms in total. The van der Waals surface area contributed by atoms with Crippen molar-refractivity contribution in [2.75, 3.05) is 0 Å². The molecular weight excluding hydrogens is 294 g/mol. The molecule has 4 rings (SSSR count). The Morgan fingerprint density at radius 3 is 2.12 bits per heavy atom. The van der Waals surface area contributed by atoms with Crippen molar-refractivity contribution >= 4 is 10.9 Å². The van der Waals surface area contributed by atoms with E-state index in [1.807, 2.05) is 60.7 Å². The summed E-state index contributed by atoms with van der Waals surface area (Å²) < 4.78 is 0. The lowest BCUT2D eigenvalue weighted by Crippen LogP contribution is -1.97. The second-order valence-electron chi connectivity index (χ2n) is 5.68. The van der Waals surface area contributed by atoms with Crippen molar-refractivity contribution in [3.8, 4) is 22.6 Å². The minimum atomic E-state index is 0.536. The molecule has 3 aromatic carbocycles. The highest BCUT2D eigenvalue weighted by Crippen LogP contribution is 2.28. The summed E-state index contributed by atoms with van der Waals surface area (Å²) in [7, 11) is 0. The molecule has 0 spiro atoms. The Balaban J connectivity index is 1.94. The molecule has 24 heavy (non-hydrogen) atoms. The molecule has 2 N–H and O–H groups in total. The molecular formula is C21H17N3. The summed E-state index contributed by atoms with van der Waals surface area (Å²) in [6, 6.07) is 26.5. The van der Waals surface area contributed by atoms with Crippen LogP contribution in [0.3, 0.4) is 0 Å². The van der Waals surface area contributed by atoms with E-state index in [0.717, 1.165) is 39.1 Å². The molecule has 1 aromatic heterocycles. The van der Waals surface area contributed by atoms with Crippen LogP contribution in [0.2, 0.25) is 0 Å². The van der Waals surface area contributed by atoms with Crippen LogP contribution in [0.4, 0.5) is 0 Å². The molecule has 0 saturated heterocycles. The van der Waals surface area contributed by atoms with Crippen LogP contribution in [0.5, 0.6) is 0 Å². The highest BCUT2D eigenvalue weighted by molar-refractivity contribution is 5.93. The highest BCUT2D eigenvalue weighted by atomic mass is 14.9. The Kier molecular flexibility index (Phi) is 3.77. The first kappa shape index (κ1) is 14.5. The van der Waals surface area contributed by atoms with Crippen LogP contribution >= 0.6 is 0 Å². The van der Waals surface area contributed by atoms with E-state index in [1.54, 1.807) is 0 Å². The zero-order valence-corrected chi connectivity index (χ0v) is 13.2. The van der Waals surface area contributed by atoms with Crippen molar-refractivity contribution in [2.24, 2.45) is 5.73 Å². The van der Waals surface area contributed by atoms with E-state index >= 15 is 0 Å². The summed E-state index contributed by atoms with van der Waals surface area (Å²) in [5, 5.41) is 1.06. The fraction of sp³-hybridized carbons (Fsp3) is 0.0476. The molecule has 0 atom stereocenters. The van der Waals surface area contributed by atoms with Gasteiger partial charge in [-0.05, 0) is 11.6 Å². The van der Waals surface area contributed by atoms with Crippen molar-refractivity contribution in [1.29, 1.82) is 0 Å². The molecule has 0 amide bonds. The number of nitrogens with zero attached hydrogens (tertiary/aromatic N) is 2. The van der Waals surface area contributed by atoms with Gasteiger partial charge >= 0.3 is 0 Å². The topological polar surface area (TPSA) is 51.8 Å². The van der Waals surface area contributed by atoms with Crippen molar-refractivity contribution in [1.82, 2.24) is 9.97 Å². The fourth-order valence-corrected chi connectivity index (χ4v) is 2.81. The summed E-state index contributed by atoms with van der Waals surface area (Å²) in [4.78, 5) is 9.60. The number of hydrogen-bond donors (Lipinski definition) is 1. The minimum Gasteiger partial charge on any atom is -0.326 e. The van der Waals surface area contributed by atoms with E-state index in [-0.39, 0.29) is 0 Å². The van der Waals surface area contributed by atoms with Crippen molar-refractivity contribution in [2.45, 2.75) is 6.54 Å². The standard InChI is InChI=1S/C21H17N3/c22-14-15-10-12-17(13-11-15)21-23-19-9-5-4-8-18(19)20(24-21)16-6-2-1-3-7-16/h1-13H,14,22H2. The van der Waals surface area contributed by atoms with Gasteiger partial charge in [0.05, 0.1) is 11.2 Å². The molecule has 0 unspecified atom stereocenters. The van der Waals surface area contributed by atoms with E-state index in [0.29, 0.717) is 6.54 Å². The van der Waals surface area contributed by atoms with Crippen LogP contribution in [0, 0.1) is 0 Å². The largest absolute Gasteiger partial charge is 0.326 e. The van der Waals surface area contributed by atoms with Crippen LogP contribution in [0.25, 0.3) is 33.5 Å². The van der Waals surface area contributed by atoms with Crippen LogP contribution in [-0.2, 0) is 6.54 Å². The summed E-state index contributed by atoms with van der Waals surface area (Å²) in [6.07, 6.45) is 0. The summed E-state index contributed by atoms with van der Waals surface area (Å²) in [5.74, 6) is 0.733. The Morgan fingerprint density at radius 1 is 0.667 bits per heavy atom. The molecule has 0 saturated carbocycles. The third kappa shape index (κ3) is 2.66. The van der Waals surface area contributed by atoms with Gasteiger partial charge in [-0.1, -0.05) is 72.8 Å². The maximum atomic E-state index is 5.68. The molecule has 116 valence electrons. The first-order valence-electron chi connectivity index (χ1n) is 7.97. The molecule has 0 bridgehead atoms. The number of hydrogen-bond acceptors (Lipinski definition) is 3. The molecule has 3 heteroatoms. The first-order valence-corrected chi connectivity index (χ1v) is 7.97. The van der Waals surface area contributed by atoms with Gasteiger partial charge in [-0.3, -0.25) is 0 Å². The Bertz CT molecular complexity index is 977. The third-order valence-corrected chi connectivity index (χ3v) is 4.10. The quantitative estimate of drug-likeness (QED) is 0.609. The molecule has 0 aliphatic carbocycles. The number of aromatic nitrogens is 2. The van der Waals surface area contributed by atoms with Gasteiger partial charge in [0, 0.05) is 23.1 Å². The number of rotatable bonds is 3. The monoisotopic (exact) mass is 311 g/mol. The second-order valence-corrected chi connectivity index (χ2v) is 5.68. The van der Waals surface area contributed by atoms with Crippen molar-refractivity contribution in [3.63, 3.8) is 0 Å². The number of para-hydroxylation sites is 1. The molecule has 0 fully saturated rings. The van der Waals surface area contributed by atoms with E-state index in [2.05, 4.69) is 18.2 Å². The predicted octanol–water partition coefficient (Wildman–Crippen LogP) is 4.42. The van der Waals surface area contributed by atoms with E-state index in [4.69, 9.17) is 15.7 Å². The zero-order valence-electron chi connectivity index (χ0n) is 13.2. The third-order valence-electron chi connectivity index (χ3n) is 4.10. The molecule has 0 aliphatic heterocycles. The van der Waals surface area contributed by atoms with Crippen LogP contribution in [-0.4, -0.2) is 9.97 Å². The lowest BCUT2D eigenvalue weighted by atomic mass is 10.1. The lowest BCUT2D eigenvalue weighted by Gasteiger charge is -2.09. The maximum Gasteiger partial charge on any atom is 0.160 e. The predicted molar refractivity (Wildman–Crippen MR) is 98.3 cm³/mol. The number of fused-ring (bicyclic) bond motifs is 1. The van der Waals surface area contributed by atoms with Gasteiger partial charge in [0.1, 0.15) is 0 Å². The maximum absolute atomic E-state index is 5.68. The van der Waals surface area contributed by atoms with Crippen LogP contribution in [0.15, 0.2) is 78.9 Å². The fourth-order valence-electron chi connectivity index (χ4n) is 2.81. The van der Waals surface area contributed by atoms with E-state index in [1.165, 1.54) is 0 Å². The van der Waals surface area contributed by atoms with Gasteiger partial charge in [0.2, 0.25) is 0 Å². The molecule has 0 radical (unpaired) electrons. The van der Waals surface area contributed by atoms with Gasteiger partial charge in [0.25, 0.3) is 0 Å². The van der Waals surface area contributed by atoms with E-state index in [9.17, 15) is 0 Å². The average molecular weight is 311 g/mol. The number of benzene rings is 3. The van der Waals surface area contributed by atoms with Crippen LogP contribution in [0.1, 0.15) is 5.56 Å². The Hall–Kier alpha value is -3.04. The summed E-state index contributed by atoms with van der Waals surface area (Å²) in [5.41, 5.74) is 10.8. The van der Waals surface area contributed by atoms with Gasteiger partial charge < -0.3 is 5.73 Å². The van der Waals surface area contributed by atoms with Crippen molar-refractivity contribution < 1.29 is 0 Å². The number of nitrogens with two attached hydrogens (primary N) is 1. The minimum absolute atomic E-state index is 0.536. The Morgan fingerprint density at radius 2 is 1.38 bits per heavy atom. The van der Waals surface area contributed by atoms with Crippen molar-refractivity contribution in [3.05, 3.63) is 84.4 Å². The van der Waals surface area contributed by atoms with Gasteiger partial charge in [-0.25, -0.2) is 9.97 Å². The highest BCUT2D eigenvalue weighted by Gasteiger charge is 2.10. The first-order chi connectivity index (χ1) is 11.8. The average Bonchev–Trinajstić information content (AvgIpc) is 2.68. The zero-order chi connectivity index (χ0) is 16.4. The molecule has 0 aliphatic rings. The lowest BCUT2D eigenvalue weighted by molar-refractivity contribution is 1.07. The van der Waals surface area contributed by atoms with Gasteiger partial charge in [-0.15, -0.1) is 0 Å². The molecule has 4 aromatic rings. The normalized spacial score (nSPS) is 10.9. The van der Waals surface area contributed by atoms with Gasteiger partial charge in [-0.2, -0.15) is 0 Å². The molecule has 1 heterocycles. The van der Waals surface area contributed by atoms with Gasteiger partial charge in [0.15, 0.2) is 5.82 Å². The summed E-state index contributed by atoms with van der Waals surface area (Å²) in [6.45, 7) is 0.536. The van der Waals surface area contributed by atoms with Crippen LogP contribution < -0.4 is 5.73 Å². The second kappa shape index (κ2) is 6.22. The SMILES string of the molecule is NCc1ccc(-c2nc(-c3ccccc3)c3ccccc3n2)cc1. The Labute approximate surface area is 140 Å².